The number of nitrogens with zero attached hydrogens (tertiary/aromatic N) is 3. The van der Waals surface area contributed by atoms with Crippen molar-refractivity contribution in [2.45, 2.75) is 6.54 Å². The lowest BCUT2D eigenvalue weighted by molar-refractivity contribution is 0.0358. The minimum atomic E-state index is -0.340. The lowest BCUT2D eigenvalue weighted by Gasteiger charge is -2.26. The number of morpholine rings is 1. The van der Waals surface area contributed by atoms with Crippen LogP contribution in [0.1, 0.15) is 0 Å². The molecule has 0 radical (unpaired) electrons. The van der Waals surface area contributed by atoms with Gasteiger partial charge in [-0.3, -0.25) is 9.69 Å². The van der Waals surface area contributed by atoms with E-state index in [-0.39, 0.29) is 28.0 Å². The lowest BCUT2D eigenvalue weighted by atomic mass is 10.4. The van der Waals surface area contributed by atoms with Crippen LogP contribution in [0, 0.1) is 0 Å². The normalized spacial score (nSPS) is 16.3. The lowest BCUT2D eigenvalue weighted by Crippen LogP contribution is -2.39. The fourth-order valence-corrected chi connectivity index (χ4v) is 1.94. The summed E-state index contributed by atoms with van der Waals surface area (Å²) in [4.78, 5) is 13.9. The minimum absolute atomic E-state index is 0. The number of ether oxygens (including phenoxy) is 1. The van der Waals surface area contributed by atoms with Gasteiger partial charge >= 0.3 is 0 Å². The Morgan fingerprint density at radius 2 is 1.94 bits per heavy atom. The first kappa shape index (κ1) is 15.7. The molecule has 1 aromatic rings. The van der Waals surface area contributed by atoms with E-state index < -0.39 is 0 Å². The standard InChI is InChI=1S/C10H13Cl2N3O2.ClH/c11-8-7-13-15(10(16)9(8)12)2-1-14-3-5-17-6-4-14;/h7H,1-6H2;1H. The van der Waals surface area contributed by atoms with E-state index in [4.69, 9.17) is 27.9 Å². The van der Waals surface area contributed by atoms with Crippen LogP contribution in [0.25, 0.3) is 0 Å². The number of hydrogen-bond donors (Lipinski definition) is 0. The second kappa shape index (κ2) is 7.31. The smallest absolute Gasteiger partial charge is 0.287 e. The molecule has 0 aromatic carbocycles. The molecule has 0 spiro atoms. The van der Waals surface area contributed by atoms with E-state index in [1.165, 1.54) is 10.9 Å². The van der Waals surface area contributed by atoms with Gasteiger partial charge in [0.15, 0.2) is 0 Å². The van der Waals surface area contributed by atoms with Crippen molar-refractivity contribution >= 4 is 35.6 Å². The molecule has 0 N–H and O–H groups in total. The molecule has 2 rings (SSSR count). The van der Waals surface area contributed by atoms with Crippen LogP contribution in [-0.2, 0) is 11.3 Å². The topological polar surface area (TPSA) is 47.4 Å². The van der Waals surface area contributed by atoms with Crippen LogP contribution in [0.3, 0.4) is 0 Å². The van der Waals surface area contributed by atoms with Crippen molar-refractivity contribution in [1.29, 1.82) is 0 Å². The summed E-state index contributed by atoms with van der Waals surface area (Å²) in [6.07, 6.45) is 1.39. The highest BCUT2D eigenvalue weighted by Gasteiger charge is 2.12. The molecule has 1 fully saturated rings. The summed E-state index contributed by atoms with van der Waals surface area (Å²) in [5.74, 6) is 0. The van der Waals surface area contributed by atoms with Gasteiger partial charge in [-0.25, -0.2) is 4.68 Å². The van der Waals surface area contributed by atoms with Gasteiger partial charge in [-0.15, -0.1) is 12.4 Å². The molecule has 1 aliphatic heterocycles. The first-order valence-electron chi connectivity index (χ1n) is 5.39. The summed E-state index contributed by atoms with van der Waals surface area (Å²) < 4.78 is 6.58. The third-order valence-electron chi connectivity index (χ3n) is 2.67. The molecule has 1 aromatic heterocycles. The van der Waals surface area contributed by atoms with Gasteiger partial charge in [-0.2, -0.15) is 5.10 Å². The monoisotopic (exact) mass is 313 g/mol. The zero-order chi connectivity index (χ0) is 12.3. The third-order valence-corrected chi connectivity index (χ3v) is 3.42. The van der Waals surface area contributed by atoms with Crippen molar-refractivity contribution in [2.75, 3.05) is 32.8 Å². The predicted molar refractivity (Wildman–Crippen MR) is 73.0 cm³/mol. The molecular weight excluding hydrogens is 300 g/mol. The summed E-state index contributed by atoms with van der Waals surface area (Å²) in [5, 5.41) is 4.18. The van der Waals surface area contributed by atoms with Crippen molar-refractivity contribution in [3.63, 3.8) is 0 Å². The predicted octanol–water partition coefficient (Wildman–Crippen LogP) is 1.30. The number of aromatic nitrogens is 2. The number of halogens is 3. The summed E-state index contributed by atoms with van der Waals surface area (Å²) in [5.41, 5.74) is -0.340. The van der Waals surface area contributed by atoms with E-state index in [0.29, 0.717) is 6.54 Å². The van der Waals surface area contributed by atoms with Crippen LogP contribution in [0.5, 0.6) is 0 Å². The van der Waals surface area contributed by atoms with Crippen LogP contribution in [0.2, 0.25) is 10.0 Å². The fraction of sp³-hybridized carbons (Fsp3) is 0.600. The van der Waals surface area contributed by atoms with Gasteiger partial charge in [0.2, 0.25) is 0 Å². The second-order valence-electron chi connectivity index (χ2n) is 3.79. The quantitative estimate of drug-likeness (QED) is 0.844. The van der Waals surface area contributed by atoms with E-state index in [2.05, 4.69) is 10.00 Å². The SMILES string of the molecule is Cl.O=c1c(Cl)c(Cl)cnn1CCN1CCOCC1. The second-order valence-corrected chi connectivity index (χ2v) is 4.57. The molecule has 0 bridgehead atoms. The molecule has 0 amide bonds. The average molecular weight is 315 g/mol. The average Bonchev–Trinajstić information content (AvgIpc) is 2.36. The Balaban J connectivity index is 0.00000162. The molecule has 1 aliphatic rings. The first-order chi connectivity index (χ1) is 8.18. The summed E-state index contributed by atoms with van der Waals surface area (Å²) in [6, 6.07) is 0. The number of rotatable bonds is 3. The molecule has 2 heterocycles. The zero-order valence-corrected chi connectivity index (χ0v) is 12.0. The molecule has 8 heteroatoms. The largest absolute Gasteiger partial charge is 0.379 e. The van der Waals surface area contributed by atoms with Gasteiger partial charge in [-0.05, 0) is 0 Å². The van der Waals surface area contributed by atoms with E-state index in [9.17, 15) is 4.79 Å². The summed E-state index contributed by atoms with van der Waals surface area (Å²) in [6.45, 7) is 4.52. The summed E-state index contributed by atoms with van der Waals surface area (Å²) >= 11 is 11.5. The van der Waals surface area contributed by atoms with Crippen molar-refractivity contribution in [2.24, 2.45) is 0 Å². The Hall–Kier alpha value is -0.330. The highest BCUT2D eigenvalue weighted by atomic mass is 35.5. The third kappa shape index (κ3) is 3.83. The van der Waals surface area contributed by atoms with E-state index >= 15 is 0 Å². The molecular formula is C10H14Cl3N3O2. The van der Waals surface area contributed by atoms with Crippen molar-refractivity contribution in [3.8, 4) is 0 Å². The van der Waals surface area contributed by atoms with Crippen molar-refractivity contribution < 1.29 is 4.74 Å². The van der Waals surface area contributed by atoms with Gasteiger partial charge in [0.05, 0.1) is 31.0 Å². The molecule has 1 saturated heterocycles. The molecule has 0 unspecified atom stereocenters. The minimum Gasteiger partial charge on any atom is -0.379 e. The van der Waals surface area contributed by atoms with Crippen LogP contribution < -0.4 is 5.56 Å². The Bertz CT molecular complexity index is 446. The highest BCUT2D eigenvalue weighted by Crippen LogP contribution is 2.14. The van der Waals surface area contributed by atoms with Gasteiger partial charge in [0, 0.05) is 19.6 Å². The van der Waals surface area contributed by atoms with Crippen molar-refractivity contribution in [3.05, 3.63) is 26.6 Å². The van der Waals surface area contributed by atoms with Crippen LogP contribution in [0.15, 0.2) is 11.0 Å². The number of hydrogen-bond acceptors (Lipinski definition) is 4. The Labute approximate surface area is 121 Å². The molecule has 0 aliphatic carbocycles. The van der Waals surface area contributed by atoms with Crippen molar-refractivity contribution in [1.82, 2.24) is 14.7 Å². The maximum Gasteiger partial charge on any atom is 0.287 e. The molecule has 0 saturated carbocycles. The van der Waals surface area contributed by atoms with E-state index in [1.54, 1.807) is 0 Å². The van der Waals surface area contributed by atoms with Gasteiger partial charge in [0.25, 0.3) is 5.56 Å². The summed E-state index contributed by atoms with van der Waals surface area (Å²) in [7, 11) is 0. The highest BCUT2D eigenvalue weighted by molar-refractivity contribution is 6.41. The van der Waals surface area contributed by atoms with E-state index in [1.807, 2.05) is 0 Å². The molecule has 5 nitrogen and oxygen atoms in total. The van der Waals surface area contributed by atoms with Crippen LogP contribution in [0.4, 0.5) is 0 Å². The molecule has 18 heavy (non-hydrogen) atoms. The van der Waals surface area contributed by atoms with Gasteiger partial charge < -0.3 is 4.74 Å². The zero-order valence-electron chi connectivity index (χ0n) is 9.64. The Morgan fingerprint density at radius 1 is 1.28 bits per heavy atom. The first-order valence-corrected chi connectivity index (χ1v) is 6.15. The maximum atomic E-state index is 11.7. The molecule has 0 atom stereocenters. The Kier molecular flexibility index (Phi) is 6.38. The van der Waals surface area contributed by atoms with E-state index in [0.717, 1.165) is 32.8 Å². The molecule has 102 valence electrons. The fourth-order valence-electron chi connectivity index (χ4n) is 1.67. The maximum absolute atomic E-state index is 11.7. The Morgan fingerprint density at radius 3 is 2.61 bits per heavy atom. The van der Waals surface area contributed by atoms with Crippen LogP contribution in [-0.4, -0.2) is 47.5 Å². The van der Waals surface area contributed by atoms with Gasteiger partial charge in [-0.1, -0.05) is 23.2 Å². The van der Waals surface area contributed by atoms with Gasteiger partial charge in [0.1, 0.15) is 5.02 Å². The van der Waals surface area contributed by atoms with Crippen LogP contribution >= 0.6 is 35.6 Å².